The third kappa shape index (κ3) is 2.46. The van der Waals surface area contributed by atoms with Crippen molar-refractivity contribution in [3.8, 4) is 0 Å². The average Bonchev–Trinajstić information content (AvgIpc) is 2.30. The van der Waals surface area contributed by atoms with E-state index < -0.39 is 0 Å². The summed E-state index contributed by atoms with van der Waals surface area (Å²) in [6, 6.07) is 0.356. The number of piperidine rings is 1. The molecule has 16 heavy (non-hydrogen) atoms. The lowest BCUT2D eigenvalue weighted by atomic mass is 9.73. The molecule has 0 aromatic carbocycles. The molecule has 0 bridgehead atoms. The quantitative estimate of drug-likeness (QED) is 0.768. The van der Waals surface area contributed by atoms with E-state index in [1.807, 2.05) is 0 Å². The van der Waals surface area contributed by atoms with Crippen molar-refractivity contribution in [1.82, 2.24) is 4.90 Å². The standard InChI is InChI=1S/C13H25N3/c1-3-16-7-5-11(13(14)9-16)12-8-15-6-4-10(12)2/h6,10-13H,3-5,7-9,14H2,1-2H3. The van der Waals surface area contributed by atoms with Gasteiger partial charge in [-0.05, 0) is 49.9 Å². The first kappa shape index (κ1) is 12.1. The molecule has 1 saturated heterocycles. The van der Waals surface area contributed by atoms with Gasteiger partial charge in [-0.3, -0.25) is 4.99 Å². The van der Waals surface area contributed by atoms with Crippen molar-refractivity contribution in [3.05, 3.63) is 0 Å². The number of hydrogen-bond donors (Lipinski definition) is 1. The lowest BCUT2D eigenvalue weighted by Crippen LogP contribution is -2.52. The topological polar surface area (TPSA) is 41.6 Å². The monoisotopic (exact) mass is 223 g/mol. The van der Waals surface area contributed by atoms with Gasteiger partial charge < -0.3 is 10.6 Å². The zero-order valence-electron chi connectivity index (χ0n) is 10.6. The SMILES string of the molecule is CCN1CCC(C2CN=CCC2C)C(N)C1. The Kier molecular flexibility index (Phi) is 3.98. The van der Waals surface area contributed by atoms with Crippen molar-refractivity contribution in [2.75, 3.05) is 26.2 Å². The highest BCUT2D eigenvalue weighted by Crippen LogP contribution is 2.32. The Morgan fingerprint density at radius 3 is 2.88 bits per heavy atom. The van der Waals surface area contributed by atoms with Crippen molar-refractivity contribution in [2.24, 2.45) is 28.5 Å². The van der Waals surface area contributed by atoms with Crippen LogP contribution >= 0.6 is 0 Å². The van der Waals surface area contributed by atoms with Gasteiger partial charge in [-0.25, -0.2) is 0 Å². The van der Waals surface area contributed by atoms with Crippen LogP contribution in [-0.4, -0.2) is 43.3 Å². The summed E-state index contributed by atoms with van der Waals surface area (Å²) in [5, 5.41) is 0. The summed E-state index contributed by atoms with van der Waals surface area (Å²) in [5.41, 5.74) is 6.34. The molecule has 92 valence electrons. The van der Waals surface area contributed by atoms with Crippen LogP contribution in [0, 0.1) is 17.8 Å². The van der Waals surface area contributed by atoms with E-state index in [1.165, 1.54) is 13.0 Å². The number of nitrogens with zero attached hydrogens (tertiary/aromatic N) is 2. The number of likely N-dealkylation sites (N-methyl/N-ethyl adjacent to an activating group) is 1. The molecule has 0 aromatic heterocycles. The molecule has 3 heteroatoms. The van der Waals surface area contributed by atoms with Crippen LogP contribution in [0.5, 0.6) is 0 Å². The Hall–Kier alpha value is -0.410. The summed E-state index contributed by atoms with van der Waals surface area (Å²) >= 11 is 0. The first-order chi connectivity index (χ1) is 7.72. The number of likely N-dealkylation sites (tertiary alicyclic amines) is 1. The van der Waals surface area contributed by atoms with E-state index in [1.54, 1.807) is 0 Å². The normalized spacial score (nSPS) is 41.2. The third-order valence-electron chi connectivity index (χ3n) is 4.45. The molecule has 0 amide bonds. The van der Waals surface area contributed by atoms with Gasteiger partial charge in [0.25, 0.3) is 0 Å². The van der Waals surface area contributed by atoms with Crippen molar-refractivity contribution >= 4 is 6.21 Å². The Morgan fingerprint density at radius 2 is 2.25 bits per heavy atom. The van der Waals surface area contributed by atoms with Crippen LogP contribution in [0.2, 0.25) is 0 Å². The van der Waals surface area contributed by atoms with Gasteiger partial charge in [-0.15, -0.1) is 0 Å². The van der Waals surface area contributed by atoms with Gasteiger partial charge in [-0.1, -0.05) is 13.8 Å². The highest BCUT2D eigenvalue weighted by atomic mass is 15.1. The maximum absolute atomic E-state index is 6.34. The molecule has 2 N–H and O–H groups in total. The zero-order valence-corrected chi connectivity index (χ0v) is 10.6. The minimum atomic E-state index is 0.356. The fourth-order valence-electron chi connectivity index (χ4n) is 3.24. The maximum atomic E-state index is 6.34. The van der Waals surface area contributed by atoms with Crippen LogP contribution in [0.1, 0.15) is 26.7 Å². The molecule has 0 aliphatic carbocycles. The maximum Gasteiger partial charge on any atom is 0.0419 e. The fraction of sp³-hybridized carbons (Fsp3) is 0.923. The van der Waals surface area contributed by atoms with E-state index in [0.29, 0.717) is 12.0 Å². The number of aliphatic imine (C=N–C) groups is 1. The minimum absolute atomic E-state index is 0.356. The van der Waals surface area contributed by atoms with Crippen LogP contribution in [0.25, 0.3) is 0 Å². The second kappa shape index (κ2) is 5.28. The predicted octanol–water partition coefficient (Wildman–Crippen LogP) is 1.38. The smallest absolute Gasteiger partial charge is 0.0419 e. The van der Waals surface area contributed by atoms with E-state index in [0.717, 1.165) is 37.9 Å². The lowest BCUT2D eigenvalue weighted by molar-refractivity contribution is 0.106. The molecule has 0 radical (unpaired) electrons. The molecule has 3 nitrogen and oxygen atoms in total. The largest absolute Gasteiger partial charge is 0.326 e. The molecule has 0 spiro atoms. The van der Waals surface area contributed by atoms with Crippen molar-refractivity contribution < 1.29 is 0 Å². The van der Waals surface area contributed by atoms with Crippen LogP contribution in [-0.2, 0) is 0 Å². The fourth-order valence-corrected chi connectivity index (χ4v) is 3.24. The molecule has 0 saturated carbocycles. The summed E-state index contributed by atoms with van der Waals surface area (Å²) in [4.78, 5) is 6.93. The van der Waals surface area contributed by atoms with Gasteiger partial charge in [0.05, 0.1) is 0 Å². The number of hydrogen-bond acceptors (Lipinski definition) is 3. The summed E-state index contributed by atoms with van der Waals surface area (Å²) in [6.45, 7) is 9.02. The van der Waals surface area contributed by atoms with Crippen molar-refractivity contribution in [2.45, 2.75) is 32.7 Å². The highest BCUT2D eigenvalue weighted by Gasteiger charge is 2.35. The Bertz CT molecular complexity index is 252. The molecule has 2 aliphatic rings. The van der Waals surface area contributed by atoms with E-state index in [4.69, 9.17) is 5.73 Å². The van der Waals surface area contributed by atoms with E-state index >= 15 is 0 Å². The number of nitrogens with two attached hydrogens (primary N) is 1. The third-order valence-corrected chi connectivity index (χ3v) is 4.45. The minimum Gasteiger partial charge on any atom is -0.326 e. The predicted molar refractivity (Wildman–Crippen MR) is 68.8 cm³/mol. The summed E-state index contributed by atoms with van der Waals surface area (Å²) in [5.74, 6) is 2.18. The first-order valence-electron chi connectivity index (χ1n) is 6.68. The van der Waals surface area contributed by atoms with E-state index in [-0.39, 0.29) is 0 Å². The van der Waals surface area contributed by atoms with Gasteiger partial charge in [0.2, 0.25) is 0 Å². The molecule has 2 heterocycles. The second-order valence-corrected chi connectivity index (χ2v) is 5.43. The van der Waals surface area contributed by atoms with E-state index in [2.05, 4.69) is 30.0 Å². The van der Waals surface area contributed by atoms with Crippen LogP contribution in [0.4, 0.5) is 0 Å². The Morgan fingerprint density at radius 1 is 1.44 bits per heavy atom. The summed E-state index contributed by atoms with van der Waals surface area (Å²) in [6.07, 6.45) is 4.50. The highest BCUT2D eigenvalue weighted by molar-refractivity contribution is 5.58. The van der Waals surface area contributed by atoms with Gasteiger partial charge in [0, 0.05) is 19.1 Å². The average molecular weight is 223 g/mol. The second-order valence-electron chi connectivity index (χ2n) is 5.43. The molecule has 0 aromatic rings. The summed E-state index contributed by atoms with van der Waals surface area (Å²) in [7, 11) is 0. The Balaban J connectivity index is 1.97. The molecular formula is C13H25N3. The molecule has 2 aliphatic heterocycles. The lowest BCUT2D eigenvalue weighted by Gasteiger charge is -2.42. The molecule has 2 rings (SSSR count). The van der Waals surface area contributed by atoms with Crippen molar-refractivity contribution in [1.29, 1.82) is 0 Å². The van der Waals surface area contributed by atoms with Gasteiger partial charge >= 0.3 is 0 Å². The van der Waals surface area contributed by atoms with Crippen LogP contribution in [0.15, 0.2) is 4.99 Å². The van der Waals surface area contributed by atoms with Crippen molar-refractivity contribution in [3.63, 3.8) is 0 Å². The zero-order chi connectivity index (χ0) is 11.5. The van der Waals surface area contributed by atoms with Crippen LogP contribution in [0.3, 0.4) is 0 Å². The first-order valence-corrected chi connectivity index (χ1v) is 6.68. The number of rotatable bonds is 2. The van der Waals surface area contributed by atoms with Gasteiger partial charge in [-0.2, -0.15) is 0 Å². The molecule has 4 atom stereocenters. The Labute approximate surface area is 99.1 Å². The van der Waals surface area contributed by atoms with E-state index in [9.17, 15) is 0 Å². The molecule has 1 fully saturated rings. The summed E-state index contributed by atoms with van der Waals surface area (Å²) < 4.78 is 0. The van der Waals surface area contributed by atoms with Crippen LogP contribution < -0.4 is 5.73 Å². The van der Waals surface area contributed by atoms with Gasteiger partial charge in [0.1, 0.15) is 0 Å². The molecular weight excluding hydrogens is 198 g/mol. The van der Waals surface area contributed by atoms with Gasteiger partial charge in [0.15, 0.2) is 0 Å². The molecule has 4 unspecified atom stereocenters.